The third kappa shape index (κ3) is 1.83. The van der Waals surface area contributed by atoms with Crippen LogP contribution in [0, 0.1) is 0 Å². The van der Waals surface area contributed by atoms with Gasteiger partial charge in [0.05, 0.1) is 9.50 Å². The van der Waals surface area contributed by atoms with Crippen LogP contribution in [-0.4, -0.2) is 14.6 Å². The molecular weight excluding hydrogens is 302 g/mol. The van der Waals surface area contributed by atoms with Crippen LogP contribution in [0.25, 0.3) is 17.0 Å². The summed E-state index contributed by atoms with van der Waals surface area (Å²) >= 11 is 9.57. The molecular formula is C12H7BrClN3. The van der Waals surface area contributed by atoms with Gasteiger partial charge in [0, 0.05) is 11.8 Å². The number of rotatable bonds is 1. The minimum absolute atomic E-state index is 0.627. The van der Waals surface area contributed by atoms with E-state index in [1.54, 1.807) is 4.52 Å². The predicted octanol–water partition coefficient (Wildman–Crippen LogP) is 3.81. The van der Waals surface area contributed by atoms with Crippen LogP contribution in [0.4, 0.5) is 0 Å². The molecule has 0 radical (unpaired) electrons. The van der Waals surface area contributed by atoms with Gasteiger partial charge >= 0.3 is 0 Å². The maximum absolute atomic E-state index is 6.13. The Hall–Kier alpha value is -1.39. The van der Waals surface area contributed by atoms with Crippen LogP contribution in [0.2, 0.25) is 5.02 Å². The summed E-state index contributed by atoms with van der Waals surface area (Å²) in [4.78, 5) is 4.46. The molecule has 5 heteroatoms. The van der Waals surface area contributed by atoms with Crippen molar-refractivity contribution in [2.45, 2.75) is 0 Å². The van der Waals surface area contributed by atoms with Crippen molar-refractivity contribution in [1.29, 1.82) is 0 Å². The molecule has 0 fully saturated rings. The molecule has 0 amide bonds. The minimum atomic E-state index is 0.627. The molecule has 17 heavy (non-hydrogen) atoms. The number of pyridine rings is 1. The van der Waals surface area contributed by atoms with E-state index in [-0.39, 0.29) is 0 Å². The highest BCUT2D eigenvalue weighted by atomic mass is 79.9. The molecule has 0 bridgehead atoms. The molecule has 3 aromatic rings. The summed E-state index contributed by atoms with van der Waals surface area (Å²) < 4.78 is 2.63. The zero-order valence-corrected chi connectivity index (χ0v) is 11.0. The second kappa shape index (κ2) is 4.13. The minimum Gasteiger partial charge on any atom is -0.219 e. The lowest BCUT2D eigenvalue weighted by atomic mass is 10.2. The normalized spacial score (nSPS) is 10.9. The van der Waals surface area contributed by atoms with Crippen LogP contribution in [0.3, 0.4) is 0 Å². The van der Waals surface area contributed by atoms with Gasteiger partial charge in [-0.15, -0.1) is 5.10 Å². The number of halogens is 2. The molecule has 0 unspecified atom stereocenters. The standard InChI is InChI=1S/C12H7BrClN3/c13-9-5-3-7-17-12(9)15-11(16-17)8-4-1-2-6-10(8)14/h1-7H. The van der Waals surface area contributed by atoms with Crippen molar-refractivity contribution in [2.24, 2.45) is 0 Å². The average Bonchev–Trinajstić information content (AvgIpc) is 2.75. The second-order valence-corrected chi connectivity index (χ2v) is 4.80. The van der Waals surface area contributed by atoms with E-state index in [4.69, 9.17) is 11.6 Å². The van der Waals surface area contributed by atoms with E-state index in [0.717, 1.165) is 15.7 Å². The summed E-state index contributed by atoms with van der Waals surface area (Å²) in [5.74, 6) is 0.627. The first-order valence-electron chi connectivity index (χ1n) is 5.01. The Bertz CT molecular complexity index is 693. The Balaban J connectivity index is 2.26. The van der Waals surface area contributed by atoms with Crippen molar-refractivity contribution in [3.05, 3.63) is 52.1 Å². The van der Waals surface area contributed by atoms with Gasteiger partial charge in [0.15, 0.2) is 11.5 Å². The molecule has 0 saturated heterocycles. The Morgan fingerprint density at radius 1 is 1.12 bits per heavy atom. The Kier molecular flexibility index (Phi) is 2.61. The van der Waals surface area contributed by atoms with E-state index < -0.39 is 0 Å². The fourth-order valence-corrected chi connectivity index (χ4v) is 2.27. The van der Waals surface area contributed by atoms with Crippen molar-refractivity contribution < 1.29 is 0 Å². The summed E-state index contributed by atoms with van der Waals surface area (Å²) in [6.45, 7) is 0. The first-order chi connectivity index (χ1) is 8.25. The maximum atomic E-state index is 6.13. The molecule has 0 N–H and O–H groups in total. The third-order valence-electron chi connectivity index (χ3n) is 2.43. The molecule has 0 aliphatic carbocycles. The van der Waals surface area contributed by atoms with Gasteiger partial charge in [-0.1, -0.05) is 23.7 Å². The quantitative estimate of drug-likeness (QED) is 0.684. The van der Waals surface area contributed by atoms with E-state index in [0.29, 0.717) is 10.8 Å². The highest BCUT2D eigenvalue weighted by Gasteiger charge is 2.10. The van der Waals surface area contributed by atoms with Gasteiger partial charge in [-0.3, -0.25) is 0 Å². The summed E-state index contributed by atoms with van der Waals surface area (Å²) in [5, 5.41) is 5.05. The number of hydrogen-bond acceptors (Lipinski definition) is 2. The van der Waals surface area contributed by atoms with Crippen molar-refractivity contribution in [3.63, 3.8) is 0 Å². The lowest BCUT2D eigenvalue weighted by Crippen LogP contribution is -1.86. The van der Waals surface area contributed by atoms with E-state index in [1.807, 2.05) is 42.6 Å². The van der Waals surface area contributed by atoms with Gasteiger partial charge in [-0.05, 0) is 40.2 Å². The second-order valence-electron chi connectivity index (χ2n) is 3.54. The van der Waals surface area contributed by atoms with Crippen LogP contribution in [0.15, 0.2) is 47.1 Å². The van der Waals surface area contributed by atoms with Crippen molar-refractivity contribution >= 4 is 33.2 Å². The molecule has 0 spiro atoms. The van der Waals surface area contributed by atoms with Gasteiger partial charge in [-0.25, -0.2) is 9.50 Å². The Morgan fingerprint density at radius 2 is 1.94 bits per heavy atom. The van der Waals surface area contributed by atoms with Crippen molar-refractivity contribution in [3.8, 4) is 11.4 Å². The number of fused-ring (bicyclic) bond motifs is 1. The van der Waals surface area contributed by atoms with Crippen LogP contribution >= 0.6 is 27.5 Å². The summed E-state index contributed by atoms with van der Waals surface area (Å²) in [6.07, 6.45) is 1.85. The fourth-order valence-electron chi connectivity index (χ4n) is 1.63. The molecule has 84 valence electrons. The van der Waals surface area contributed by atoms with Crippen LogP contribution < -0.4 is 0 Å². The molecule has 2 aromatic heterocycles. The van der Waals surface area contributed by atoms with Crippen molar-refractivity contribution in [2.75, 3.05) is 0 Å². The van der Waals surface area contributed by atoms with Gasteiger partial charge in [0.25, 0.3) is 0 Å². The lowest BCUT2D eigenvalue weighted by molar-refractivity contribution is 0.963. The molecule has 3 rings (SSSR count). The van der Waals surface area contributed by atoms with Gasteiger partial charge in [-0.2, -0.15) is 0 Å². The zero-order valence-electron chi connectivity index (χ0n) is 8.64. The molecule has 0 atom stereocenters. The van der Waals surface area contributed by atoms with Crippen molar-refractivity contribution in [1.82, 2.24) is 14.6 Å². The maximum Gasteiger partial charge on any atom is 0.183 e. The number of nitrogens with zero attached hydrogens (tertiary/aromatic N) is 3. The van der Waals surface area contributed by atoms with Crippen LogP contribution in [0.5, 0.6) is 0 Å². The van der Waals surface area contributed by atoms with E-state index in [9.17, 15) is 0 Å². The molecule has 0 saturated carbocycles. The predicted molar refractivity (Wildman–Crippen MR) is 71.1 cm³/mol. The third-order valence-corrected chi connectivity index (χ3v) is 3.38. The first-order valence-corrected chi connectivity index (χ1v) is 6.18. The highest BCUT2D eigenvalue weighted by Crippen LogP contribution is 2.26. The highest BCUT2D eigenvalue weighted by molar-refractivity contribution is 9.10. The van der Waals surface area contributed by atoms with Gasteiger partial charge < -0.3 is 0 Å². The van der Waals surface area contributed by atoms with E-state index in [2.05, 4.69) is 26.0 Å². The van der Waals surface area contributed by atoms with Gasteiger partial charge in [0.1, 0.15) is 0 Å². The van der Waals surface area contributed by atoms with E-state index >= 15 is 0 Å². The largest absolute Gasteiger partial charge is 0.219 e. The zero-order chi connectivity index (χ0) is 11.8. The van der Waals surface area contributed by atoms with Gasteiger partial charge in [0.2, 0.25) is 0 Å². The smallest absolute Gasteiger partial charge is 0.183 e. The van der Waals surface area contributed by atoms with Crippen LogP contribution in [-0.2, 0) is 0 Å². The number of aromatic nitrogens is 3. The number of benzene rings is 1. The number of hydrogen-bond donors (Lipinski definition) is 0. The Morgan fingerprint density at radius 3 is 2.71 bits per heavy atom. The summed E-state index contributed by atoms with van der Waals surface area (Å²) in [5.41, 5.74) is 1.62. The monoisotopic (exact) mass is 307 g/mol. The summed E-state index contributed by atoms with van der Waals surface area (Å²) in [7, 11) is 0. The topological polar surface area (TPSA) is 30.2 Å². The molecule has 0 aliphatic heterocycles. The summed E-state index contributed by atoms with van der Waals surface area (Å²) in [6, 6.07) is 11.4. The first kappa shape index (κ1) is 10.7. The Labute approximate surface area is 111 Å². The molecule has 3 nitrogen and oxygen atoms in total. The fraction of sp³-hybridized carbons (Fsp3) is 0. The van der Waals surface area contributed by atoms with Crippen LogP contribution in [0.1, 0.15) is 0 Å². The van der Waals surface area contributed by atoms with E-state index in [1.165, 1.54) is 0 Å². The molecule has 1 aromatic carbocycles. The molecule has 0 aliphatic rings. The molecule has 2 heterocycles. The SMILES string of the molecule is Clc1ccccc1-c1nc2c(Br)cccn2n1. The average molecular weight is 309 g/mol. The lowest BCUT2D eigenvalue weighted by Gasteiger charge is -1.96.